The van der Waals surface area contributed by atoms with Gasteiger partial charge < -0.3 is 30.1 Å². The van der Waals surface area contributed by atoms with Crippen molar-refractivity contribution < 1.29 is 45.7 Å². The van der Waals surface area contributed by atoms with Crippen LogP contribution < -0.4 is 20.3 Å². The van der Waals surface area contributed by atoms with Gasteiger partial charge in [-0.15, -0.1) is 0 Å². The molecule has 3 aliphatic heterocycles. The summed E-state index contributed by atoms with van der Waals surface area (Å²) in [6, 6.07) is -0.0389. The number of carboxylic acids is 1. The average Bonchev–Trinajstić information content (AvgIpc) is 2.85. The Morgan fingerprint density at radius 3 is 2.55 bits per heavy atom. The molecule has 0 amide bonds. The van der Waals surface area contributed by atoms with Gasteiger partial charge in [-0.25, -0.2) is 19.7 Å². The minimum Gasteiger partial charge on any atom is -0.475 e. The molecule has 17 heteroatoms. The molecule has 5 rings (SSSR count). The van der Waals surface area contributed by atoms with Crippen molar-refractivity contribution in [1.82, 2.24) is 25.3 Å². The molecule has 3 aliphatic rings. The van der Waals surface area contributed by atoms with Crippen molar-refractivity contribution in [3.05, 3.63) is 28.8 Å². The zero-order chi connectivity index (χ0) is 29.1. The summed E-state index contributed by atoms with van der Waals surface area (Å²) in [6.07, 6.45) is -6.70. The number of carbonyl (C=O) groups is 1. The Balaban J connectivity index is 0.000000470. The molecule has 40 heavy (non-hydrogen) atoms. The van der Waals surface area contributed by atoms with Gasteiger partial charge in [-0.2, -0.15) is 31.3 Å². The first-order valence-electron chi connectivity index (χ1n) is 12.4. The van der Waals surface area contributed by atoms with Gasteiger partial charge in [0, 0.05) is 37.4 Å². The minimum absolute atomic E-state index is 0.0389. The maximum absolute atomic E-state index is 13.4. The van der Waals surface area contributed by atoms with Crippen LogP contribution in [0.2, 0.25) is 0 Å². The van der Waals surface area contributed by atoms with Crippen LogP contribution in [0, 0.1) is 6.92 Å². The number of halogens is 6. The Morgan fingerprint density at radius 2 is 1.93 bits per heavy atom. The summed E-state index contributed by atoms with van der Waals surface area (Å²) >= 11 is 0. The van der Waals surface area contributed by atoms with Crippen LogP contribution in [0.5, 0.6) is 5.88 Å². The van der Waals surface area contributed by atoms with E-state index in [1.54, 1.807) is 0 Å². The van der Waals surface area contributed by atoms with Crippen LogP contribution in [0.4, 0.5) is 38.1 Å². The second kappa shape index (κ2) is 12.0. The number of aromatic nitrogens is 4. The number of piperidine rings is 1. The molecule has 220 valence electrons. The summed E-state index contributed by atoms with van der Waals surface area (Å²) in [5.41, 5.74) is 1.22. The molecule has 2 aromatic heterocycles. The number of alkyl halides is 6. The largest absolute Gasteiger partial charge is 0.490 e. The third kappa shape index (κ3) is 7.38. The van der Waals surface area contributed by atoms with Gasteiger partial charge in [0.2, 0.25) is 11.8 Å². The van der Waals surface area contributed by atoms with E-state index in [4.69, 9.17) is 24.4 Å². The zero-order valence-electron chi connectivity index (χ0n) is 21.3. The summed E-state index contributed by atoms with van der Waals surface area (Å²) in [7, 11) is 0. The molecule has 3 N–H and O–H groups in total. The van der Waals surface area contributed by atoms with Crippen molar-refractivity contribution in [2.45, 2.75) is 57.2 Å². The highest BCUT2D eigenvalue weighted by Crippen LogP contribution is 2.36. The number of rotatable bonds is 5. The summed E-state index contributed by atoms with van der Waals surface area (Å²) in [4.78, 5) is 28.4. The van der Waals surface area contributed by atoms with Crippen LogP contribution in [-0.2, 0) is 28.7 Å². The van der Waals surface area contributed by atoms with E-state index in [1.807, 2.05) is 6.92 Å². The van der Waals surface area contributed by atoms with Crippen LogP contribution >= 0.6 is 0 Å². The normalized spacial score (nSPS) is 19.6. The molecule has 2 aromatic rings. The number of anilines is 2. The summed E-state index contributed by atoms with van der Waals surface area (Å²) in [6.45, 7) is 5.51. The second-order valence-corrected chi connectivity index (χ2v) is 9.37. The van der Waals surface area contributed by atoms with Crippen molar-refractivity contribution in [2.75, 3.05) is 43.1 Å². The van der Waals surface area contributed by atoms with Gasteiger partial charge >= 0.3 is 18.3 Å². The molecule has 5 heterocycles. The number of aryl methyl sites for hydroxylation is 1. The Hall–Kier alpha value is -3.47. The number of aliphatic carboxylic acids is 1. The van der Waals surface area contributed by atoms with Crippen molar-refractivity contribution in [2.24, 2.45) is 0 Å². The number of nitrogens with zero attached hydrogens (tertiary/aromatic N) is 5. The molecule has 0 saturated carbocycles. The van der Waals surface area contributed by atoms with E-state index < -0.39 is 35.9 Å². The number of ether oxygens (including phenoxy) is 2. The number of hydrogen-bond donors (Lipinski definition) is 3. The topological polar surface area (TPSA) is 135 Å². The van der Waals surface area contributed by atoms with E-state index in [2.05, 4.69) is 30.5 Å². The molecule has 0 spiro atoms. The Morgan fingerprint density at radius 1 is 1.20 bits per heavy atom. The number of hydrogen-bond acceptors (Lipinski definition) is 10. The highest BCUT2D eigenvalue weighted by Gasteiger charge is 2.39. The van der Waals surface area contributed by atoms with Gasteiger partial charge in [-0.05, 0) is 32.7 Å². The van der Waals surface area contributed by atoms with Crippen LogP contribution in [0.3, 0.4) is 0 Å². The fraction of sp³-hybridized carbons (Fsp3) is 0.609. The summed E-state index contributed by atoms with van der Waals surface area (Å²) < 4.78 is 82.3. The molecule has 0 unspecified atom stereocenters. The van der Waals surface area contributed by atoms with Gasteiger partial charge in [0.25, 0.3) is 0 Å². The summed E-state index contributed by atoms with van der Waals surface area (Å²) in [5.74, 6) is -1.42. The number of fused-ring (bicyclic) bond motifs is 1. The van der Waals surface area contributed by atoms with Gasteiger partial charge in [-0.3, -0.25) is 0 Å². The van der Waals surface area contributed by atoms with Crippen LogP contribution in [0.15, 0.2) is 6.20 Å². The SMILES string of the molecule is Cc1nc2c(c(N3CCC[C@@H](Nc4ncc(C(F)(F)F)c(OC5COC5)n4)C3)n1)CCNC2.O=C(O)C(F)(F)F. The molecule has 0 radical (unpaired) electrons. The first-order chi connectivity index (χ1) is 18.8. The predicted octanol–water partition coefficient (Wildman–Crippen LogP) is 2.73. The standard InChI is InChI=1S/C21H26F3N7O2.C2HF3O2/c1-12-27-17-8-25-5-4-15(17)18(28-12)31-6-2-3-13(9-31)29-20-26-7-16(21(22,23)24)19(30-20)33-14-10-32-11-14;3-2(4,5)1(6)7/h7,13-14,25H,2-6,8-11H2,1H3,(H,26,29,30);(H,6,7)/t13-;/m1./s1. The van der Waals surface area contributed by atoms with Crippen LogP contribution in [0.1, 0.15) is 35.5 Å². The third-order valence-corrected chi connectivity index (χ3v) is 6.27. The average molecular weight is 580 g/mol. The van der Waals surface area contributed by atoms with Crippen molar-refractivity contribution in [1.29, 1.82) is 0 Å². The zero-order valence-corrected chi connectivity index (χ0v) is 21.3. The maximum atomic E-state index is 13.4. The van der Waals surface area contributed by atoms with Gasteiger partial charge in [-0.1, -0.05) is 0 Å². The van der Waals surface area contributed by atoms with Crippen LogP contribution in [0.25, 0.3) is 0 Å². The lowest BCUT2D eigenvalue weighted by Crippen LogP contribution is -2.44. The lowest BCUT2D eigenvalue weighted by molar-refractivity contribution is -0.192. The quantitative estimate of drug-likeness (QED) is 0.452. The van der Waals surface area contributed by atoms with E-state index in [0.29, 0.717) is 6.54 Å². The first-order valence-corrected chi connectivity index (χ1v) is 12.4. The predicted molar refractivity (Wildman–Crippen MR) is 127 cm³/mol. The molecule has 1 atom stereocenters. The molecule has 2 saturated heterocycles. The Kier molecular flexibility index (Phi) is 8.82. The lowest BCUT2D eigenvalue weighted by Gasteiger charge is -2.36. The molecular formula is C23H27F6N7O4. The fourth-order valence-corrected chi connectivity index (χ4v) is 4.35. The van der Waals surface area contributed by atoms with Gasteiger partial charge in [0.15, 0.2) is 0 Å². The first kappa shape index (κ1) is 29.5. The molecule has 0 aromatic carbocycles. The van der Waals surface area contributed by atoms with Gasteiger partial charge in [0.1, 0.15) is 23.3 Å². The summed E-state index contributed by atoms with van der Waals surface area (Å²) in [5, 5.41) is 13.7. The highest BCUT2D eigenvalue weighted by atomic mass is 19.4. The van der Waals surface area contributed by atoms with Gasteiger partial charge in [0.05, 0.1) is 18.9 Å². The molecule has 11 nitrogen and oxygen atoms in total. The van der Waals surface area contributed by atoms with E-state index in [0.717, 1.165) is 62.4 Å². The third-order valence-electron chi connectivity index (χ3n) is 6.27. The van der Waals surface area contributed by atoms with E-state index in [-0.39, 0.29) is 25.2 Å². The molecule has 0 aliphatic carbocycles. The highest BCUT2D eigenvalue weighted by molar-refractivity contribution is 5.73. The van der Waals surface area contributed by atoms with Crippen molar-refractivity contribution in [3.8, 4) is 5.88 Å². The molecule has 0 bridgehead atoms. The number of carboxylic acid groups (broad SMARTS) is 1. The smallest absolute Gasteiger partial charge is 0.475 e. The van der Waals surface area contributed by atoms with Crippen molar-refractivity contribution >= 4 is 17.7 Å². The maximum Gasteiger partial charge on any atom is 0.490 e. The van der Waals surface area contributed by atoms with E-state index >= 15 is 0 Å². The molecular weight excluding hydrogens is 552 g/mol. The van der Waals surface area contributed by atoms with Crippen molar-refractivity contribution in [3.63, 3.8) is 0 Å². The van der Waals surface area contributed by atoms with E-state index in [9.17, 15) is 26.3 Å². The number of nitrogens with one attached hydrogen (secondary N) is 2. The van der Waals surface area contributed by atoms with Crippen LogP contribution in [-0.4, -0.2) is 82.2 Å². The lowest BCUT2D eigenvalue weighted by atomic mass is 10.0. The van der Waals surface area contributed by atoms with E-state index in [1.165, 1.54) is 5.56 Å². The second-order valence-electron chi connectivity index (χ2n) is 9.37. The molecule has 2 fully saturated rings. The fourth-order valence-electron chi connectivity index (χ4n) is 4.35. The Bertz CT molecular complexity index is 1210. The Labute approximate surface area is 224 Å². The monoisotopic (exact) mass is 579 g/mol. The minimum atomic E-state index is -5.08.